The van der Waals surface area contributed by atoms with Crippen LogP contribution in [0.4, 0.5) is 17.1 Å². The number of anilines is 1. The third-order valence-corrected chi connectivity index (χ3v) is 5.02. The van der Waals surface area contributed by atoms with Crippen LogP contribution in [0.5, 0.6) is 0 Å². The number of nitro benzene ring substituents is 2. The van der Waals surface area contributed by atoms with Crippen molar-refractivity contribution in [3.63, 3.8) is 0 Å². The van der Waals surface area contributed by atoms with Crippen molar-refractivity contribution in [3.8, 4) is 0 Å². The molecule has 17 nitrogen and oxygen atoms in total. The van der Waals surface area contributed by atoms with E-state index in [4.69, 9.17) is 43.0 Å². The van der Waals surface area contributed by atoms with Gasteiger partial charge < -0.3 is 48.3 Å². The summed E-state index contributed by atoms with van der Waals surface area (Å²) in [5.74, 6) is -0.889. The standard InChI is InChI=1S/C25H41N3O14/c29-25(30)3-5-35-7-9-37-11-13-39-15-17-41-19-20-42-18-16-40-14-12-38-10-8-36-6-4-26-23-2-1-22(27(31)32)21-24(23)28(33)34/h1-2,21,26H,3-20H2,(H,29,30). The van der Waals surface area contributed by atoms with E-state index in [9.17, 15) is 25.0 Å². The number of carbonyl (C=O) groups is 1. The summed E-state index contributed by atoms with van der Waals surface area (Å²) in [6.07, 6.45) is -0.0185. The Morgan fingerprint density at radius 2 is 1.00 bits per heavy atom. The van der Waals surface area contributed by atoms with Crippen molar-refractivity contribution in [2.75, 3.05) is 118 Å². The first-order valence-electron chi connectivity index (χ1n) is 13.4. The molecule has 0 aliphatic carbocycles. The van der Waals surface area contributed by atoms with Crippen LogP contribution >= 0.6 is 0 Å². The lowest BCUT2D eigenvalue weighted by molar-refractivity contribution is -0.393. The number of hydrogen-bond donors (Lipinski definition) is 2. The lowest BCUT2D eigenvalue weighted by Crippen LogP contribution is -2.15. The topological polar surface area (TPSA) is 209 Å². The van der Waals surface area contributed by atoms with Gasteiger partial charge in [0.2, 0.25) is 0 Å². The maximum Gasteiger partial charge on any atom is 0.305 e. The lowest BCUT2D eigenvalue weighted by Gasteiger charge is -2.09. The van der Waals surface area contributed by atoms with E-state index in [-0.39, 0.29) is 43.2 Å². The van der Waals surface area contributed by atoms with E-state index in [0.717, 1.165) is 6.07 Å². The van der Waals surface area contributed by atoms with Crippen molar-refractivity contribution >= 4 is 23.0 Å². The van der Waals surface area contributed by atoms with Crippen molar-refractivity contribution in [2.24, 2.45) is 0 Å². The number of hydrogen-bond acceptors (Lipinski definition) is 14. The van der Waals surface area contributed by atoms with Gasteiger partial charge in [0.25, 0.3) is 11.4 Å². The number of aliphatic carboxylic acids is 1. The second-order valence-electron chi connectivity index (χ2n) is 8.19. The third-order valence-electron chi connectivity index (χ3n) is 5.02. The van der Waals surface area contributed by atoms with Crippen LogP contribution in [0, 0.1) is 20.2 Å². The van der Waals surface area contributed by atoms with E-state index in [1.54, 1.807) is 0 Å². The van der Waals surface area contributed by atoms with E-state index in [1.807, 2.05) is 0 Å². The predicted molar refractivity (Wildman–Crippen MR) is 147 cm³/mol. The normalized spacial score (nSPS) is 11.0. The second kappa shape index (κ2) is 25.7. The molecule has 0 spiro atoms. The van der Waals surface area contributed by atoms with Gasteiger partial charge in [0, 0.05) is 12.6 Å². The molecule has 0 saturated heterocycles. The monoisotopic (exact) mass is 607 g/mol. The zero-order chi connectivity index (χ0) is 30.7. The fraction of sp³-hybridized carbons (Fsp3) is 0.720. The minimum atomic E-state index is -0.889. The Morgan fingerprint density at radius 1 is 0.619 bits per heavy atom. The molecule has 17 heteroatoms. The van der Waals surface area contributed by atoms with Crippen LogP contribution in [0.3, 0.4) is 0 Å². The molecule has 2 N–H and O–H groups in total. The molecule has 0 aliphatic heterocycles. The number of non-ortho nitro benzene ring substituents is 1. The number of rotatable bonds is 30. The Balaban J connectivity index is 1.78. The summed E-state index contributed by atoms with van der Waals surface area (Å²) in [4.78, 5) is 30.8. The van der Waals surface area contributed by atoms with Gasteiger partial charge in [-0.15, -0.1) is 0 Å². The molecule has 0 bridgehead atoms. The molecule has 0 aromatic heterocycles. The summed E-state index contributed by atoms with van der Waals surface area (Å²) in [7, 11) is 0. The molecule has 1 aromatic rings. The van der Waals surface area contributed by atoms with Gasteiger partial charge in [0.1, 0.15) is 5.69 Å². The molecule has 0 unspecified atom stereocenters. The molecule has 0 heterocycles. The first-order chi connectivity index (χ1) is 20.4. The summed E-state index contributed by atoms with van der Waals surface area (Å²) in [5.41, 5.74) is -0.541. The Hall–Kier alpha value is -3.03. The van der Waals surface area contributed by atoms with E-state index < -0.39 is 15.8 Å². The molecular formula is C25H41N3O14. The van der Waals surface area contributed by atoms with Crippen molar-refractivity contribution in [1.29, 1.82) is 0 Å². The van der Waals surface area contributed by atoms with Crippen LogP contribution < -0.4 is 5.32 Å². The summed E-state index contributed by atoms with van der Waals surface area (Å²) in [6, 6.07) is 3.41. The molecule has 1 aromatic carbocycles. The van der Waals surface area contributed by atoms with Crippen molar-refractivity contribution < 1.29 is 57.6 Å². The van der Waals surface area contributed by atoms with Gasteiger partial charge in [-0.25, -0.2) is 0 Å². The number of nitro groups is 2. The number of benzene rings is 1. The van der Waals surface area contributed by atoms with Crippen molar-refractivity contribution in [1.82, 2.24) is 0 Å². The van der Waals surface area contributed by atoms with Crippen LogP contribution in [-0.2, 0) is 42.7 Å². The predicted octanol–water partition coefficient (Wildman–Crippen LogP) is 1.52. The molecule has 0 radical (unpaired) electrons. The first kappa shape index (κ1) is 37.0. The molecule has 0 fully saturated rings. The highest BCUT2D eigenvalue weighted by Crippen LogP contribution is 2.28. The minimum absolute atomic E-state index is 0.0185. The highest BCUT2D eigenvalue weighted by atomic mass is 16.6. The number of nitrogens with one attached hydrogen (secondary N) is 1. The van der Waals surface area contributed by atoms with Crippen LogP contribution in [0.15, 0.2) is 18.2 Å². The molecule has 0 atom stereocenters. The lowest BCUT2D eigenvalue weighted by atomic mass is 10.2. The Labute approximate surface area is 243 Å². The highest BCUT2D eigenvalue weighted by Gasteiger charge is 2.19. The van der Waals surface area contributed by atoms with Crippen LogP contribution in [0.25, 0.3) is 0 Å². The van der Waals surface area contributed by atoms with E-state index in [1.165, 1.54) is 12.1 Å². The molecule has 42 heavy (non-hydrogen) atoms. The number of carboxylic acids is 1. The summed E-state index contributed by atoms with van der Waals surface area (Å²) >= 11 is 0. The van der Waals surface area contributed by atoms with Gasteiger partial charge in [0.05, 0.1) is 128 Å². The largest absolute Gasteiger partial charge is 0.481 e. The fourth-order valence-corrected chi connectivity index (χ4v) is 2.99. The average molecular weight is 608 g/mol. The number of nitrogens with zero attached hydrogens (tertiary/aromatic N) is 2. The first-order valence-corrected chi connectivity index (χ1v) is 13.4. The molecule has 240 valence electrons. The average Bonchev–Trinajstić information content (AvgIpc) is 2.96. The van der Waals surface area contributed by atoms with Gasteiger partial charge in [0.15, 0.2) is 0 Å². The van der Waals surface area contributed by atoms with E-state index in [2.05, 4.69) is 5.32 Å². The smallest absolute Gasteiger partial charge is 0.305 e. The summed E-state index contributed by atoms with van der Waals surface area (Å²) < 4.78 is 42.8. The van der Waals surface area contributed by atoms with Gasteiger partial charge >= 0.3 is 5.97 Å². The third kappa shape index (κ3) is 20.8. The van der Waals surface area contributed by atoms with Crippen LogP contribution in [-0.4, -0.2) is 133 Å². The quantitative estimate of drug-likeness (QED) is 0.0721. The Kier molecular flexibility index (Phi) is 22.6. The molecular weight excluding hydrogens is 566 g/mol. The maximum atomic E-state index is 11.1. The molecule has 0 amide bonds. The summed E-state index contributed by atoms with van der Waals surface area (Å²) in [6.45, 7) is 6.43. The van der Waals surface area contributed by atoms with E-state index >= 15 is 0 Å². The highest BCUT2D eigenvalue weighted by molar-refractivity contribution is 5.66. The number of ether oxygens (including phenoxy) is 8. The van der Waals surface area contributed by atoms with Gasteiger partial charge in [-0.1, -0.05) is 0 Å². The van der Waals surface area contributed by atoms with Crippen LogP contribution in [0.2, 0.25) is 0 Å². The van der Waals surface area contributed by atoms with Crippen molar-refractivity contribution in [2.45, 2.75) is 6.42 Å². The van der Waals surface area contributed by atoms with Gasteiger partial charge in [-0.3, -0.25) is 25.0 Å². The van der Waals surface area contributed by atoms with E-state index in [0.29, 0.717) is 92.5 Å². The van der Waals surface area contributed by atoms with Gasteiger partial charge in [-0.2, -0.15) is 0 Å². The van der Waals surface area contributed by atoms with Crippen LogP contribution in [0.1, 0.15) is 6.42 Å². The minimum Gasteiger partial charge on any atom is -0.481 e. The molecule has 0 saturated carbocycles. The maximum absolute atomic E-state index is 11.1. The molecule has 0 aliphatic rings. The number of carboxylic acid groups (broad SMARTS) is 1. The fourth-order valence-electron chi connectivity index (χ4n) is 2.99. The summed E-state index contributed by atoms with van der Waals surface area (Å²) in [5, 5.41) is 33.2. The Morgan fingerprint density at radius 3 is 1.36 bits per heavy atom. The van der Waals surface area contributed by atoms with Gasteiger partial charge in [-0.05, 0) is 6.07 Å². The second-order valence-corrected chi connectivity index (χ2v) is 8.19. The zero-order valence-corrected chi connectivity index (χ0v) is 23.6. The zero-order valence-electron chi connectivity index (χ0n) is 23.6. The SMILES string of the molecule is O=C(O)CCOCCOCCOCCOCCOCCOCCOCCOCCNc1ccc([N+](=O)[O-])cc1[N+](=O)[O-]. The van der Waals surface area contributed by atoms with Crippen molar-refractivity contribution in [3.05, 3.63) is 38.4 Å². The molecule has 1 rings (SSSR count). The Bertz CT molecular complexity index is 877.